The molecule has 1 aliphatic heterocycles. The second-order valence-corrected chi connectivity index (χ2v) is 4.99. The minimum absolute atomic E-state index is 0.414. The molecule has 92 valence electrons. The monoisotopic (exact) mass is 273 g/mol. The molecule has 5 heteroatoms. The van der Waals surface area contributed by atoms with Gasteiger partial charge >= 0.3 is 5.97 Å². The molecule has 0 spiro atoms. The molecule has 1 saturated heterocycles. The number of carboxylic acid groups (broad SMARTS) is 1. The quantitative estimate of drug-likeness (QED) is 0.920. The van der Waals surface area contributed by atoms with Gasteiger partial charge in [-0.1, -0.05) is 29.3 Å². The van der Waals surface area contributed by atoms with Crippen LogP contribution in [0.3, 0.4) is 0 Å². The summed E-state index contributed by atoms with van der Waals surface area (Å²) in [5, 5.41) is 10.3. The Labute approximate surface area is 110 Å². The molecule has 0 unspecified atom stereocenters. The number of hydrogen-bond acceptors (Lipinski definition) is 2. The normalized spacial score (nSPS) is 18.2. The maximum absolute atomic E-state index is 11.4. The van der Waals surface area contributed by atoms with E-state index in [1.54, 1.807) is 18.2 Å². The summed E-state index contributed by atoms with van der Waals surface area (Å²) in [4.78, 5) is 13.3. The van der Waals surface area contributed by atoms with E-state index in [-0.39, 0.29) is 0 Å². The standard InChI is InChI=1S/C12H13Cl2NO2/c13-8-3-4-9(10(14)7-8)11(12(16)17)15-5-1-2-6-15/h3-4,7,11H,1-2,5-6H2,(H,16,17)/t11-/m1/s1. The van der Waals surface area contributed by atoms with Gasteiger partial charge in [0.15, 0.2) is 0 Å². The van der Waals surface area contributed by atoms with Gasteiger partial charge in [-0.05, 0) is 43.6 Å². The van der Waals surface area contributed by atoms with Crippen LogP contribution in [-0.4, -0.2) is 29.1 Å². The van der Waals surface area contributed by atoms with Crippen molar-refractivity contribution in [2.24, 2.45) is 0 Å². The smallest absolute Gasteiger partial charge is 0.325 e. The van der Waals surface area contributed by atoms with Gasteiger partial charge in [0.05, 0.1) is 0 Å². The van der Waals surface area contributed by atoms with Crippen LogP contribution in [0.1, 0.15) is 24.4 Å². The summed E-state index contributed by atoms with van der Waals surface area (Å²) in [5.41, 5.74) is 0.616. The summed E-state index contributed by atoms with van der Waals surface area (Å²) in [5.74, 6) is -0.865. The fourth-order valence-electron chi connectivity index (χ4n) is 2.21. The predicted molar refractivity (Wildman–Crippen MR) is 67.6 cm³/mol. The average molecular weight is 274 g/mol. The van der Waals surface area contributed by atoms with Crippen molar-refractivity contribution in [3.8, 4) is 0 Å². The Morgan fingerprint density at radius 3 is 2.47 bits per heavy atom. The highest BCUT2D eigenvalue weighted by atomic mass is 35.5. The molecule has 1 aromatic rings. The lowest BCUT2D eigenvalue weighted by molar-refractivity contribution is -0.143. The van der Waals surface area contributed by atoms with Gasteiger partial charge in [0.1, 0.15) is 6.04 Å². The lowest BCUT2D eigenvalue weighted by atomic mass is 10.1. The number of carbonyl (C=O) groups is 1. The largest absolute Gasteiger partial charge is 0.480 e. The minimum Gasteiger partial charge on any atom is -0.480 e. The fourth-order valence-corrected chi connectivity index (χ4v) is 2.72. The van der Waals surface area contributed by atoms with Gasteiger partial charge in [-0.25, -0.2) is 0 Å². The third kappa shape index (κ3) is 2.73. The minimum atomic E-state index is -0.865. The summed E-state index contributed by atoms with van der Waals surface area (Å²) < 4.78 is 0. The molecular formula is C12H13Cl2NO2. The molecule has 0 aromatic heterocycles. The zero-order valence-corrected chi connectivity index (χ0v) is 10.7. The topological polar surface area (TPSA) is 40.5 Å². The van der Waals surface area contributed by atoms with Gasteiger partial charge in [-0.2, -0.15) is 0 Å². The van der Waals surface area contributed by atoms with E-state index in [0.29, 0.717) is 15.6 Å². The van der Waals surface area contributed by atoms with Gasteiger partial charge in [-0.15, -0.1) is 0 Å². The summed E-state index contributed by atoms with van der Waals surface area (Å²) in [6, 6.07) is 4.29. The SMILES string of the molecule is O=C(O)[C@@H](c1ccc(Cl)cc1Cl)N1CCCC1. The Morgan fingerprint density at radius 2 is 1.94 bits per heavy atom. The van der Waals surface area contributed by atoms with Crippen LogP contribution < -0.4 is 0 Å². The number of carboxylic acids is 1. The van der Waals surface area contributed by atoms with E-state index in [2.05, 4.69) is 0 Å². The molecular weight excluding hydrogens is 261 g/mol. The number of halogens is 2. The van der Waals surface area contributed by atoms with Crippen LogP contribution >= 0.6 is 23.2 Å². The molecule has 1 atom stereocenters. The number of nitrogens with zero attached hydrogens (tertiary/aromatic N) is 1. The third-order valence-corrected chi connectivity index (χ3v) is 3.56. The van der Waals surface area contributed by atoms with Crippen LogP contribution in [0.5, 0.6) is 0 Å². The van der Waals surface area contributed by atoms with Crippen molar-refractivity contribution >= 4 is 29.2 Å². The van der Waals surface area contributed by atoms with E-state index in [1.807, 2.05) is 4.90 Å². The maximum atomic E-state index is 11.4. The van der Waals surface area contributed by atoms with Crippen LogP contribution in [0.25, 0.3) is 0 Å². The maximum Gasteiger partial charge on any atom is 0.325 e. The molecule has 0 radical (unpaired) electrons. The second-order valence-electron chi connectivity index (χ2n) is 4.15. The van der Waals surface area contributed by atoms with Gasteiger partial charge in [-0.3, -0.25) is 9.69 Å². The summed E-state index contributed by atoms with van der Waals surface area (Å²) in [6.45, 7) is 1.60. The van der Waals surface area contributed by atoms with E-state index >= 15 is 0 Å². The molecule has 0 amide bonds. The van der Waals surface area contributed by atoms with Crippen molar-refractivity contribution in [1.29, 1.82) is 0 Å². The highest BCUT2D eigenvalue weighted by Gasteiger charge is 2.30. The van der Waals surface area contributed by atoms with E-state index in [4.69, 9.17) is 23.2 Å². The first kappa shape index (κ1) is 12.7. The van der Waals surface area contributed by atoms with Crippen LogP contribution in [0.4, 0.5) is 0 Å². The molecule has 0 bridgehead atoms. The van der Waals surface area contributed by atoms with Crippen LogP contribution in [0, 0.1) is 0 Å². The number of aliphatic carboxylic acids is 1. The number of benzene rings is 1. The number of rotatable bonds is 3. The molecule has 0 saturated carbocycles. The zero-order chi connectivity index (χ0) is 12.4. The van der Waals surface area contributed by atoms with Crippen molar-refractivity contribution in [2.45, 2.75) is 18.9 Å². The van der Waals surface area contributed by atoms with E-state index in [0.717, 1.165) is 25.9 Å². The average Bonchev–Trinajstić information content (AvgIpc) is 2.74. The van der Waals surface area contributed by atoms with Crippen LogP contribution in [-0.2, 0) is 4.79 Å². The Balaban J connectivity index is 2.35. The van der Waals surface area contributed by atoms with Crippen molar-refractivity contribution in [3.05, 3.63) is 33.8 Å². The summed E-state index contributed by atoms with van der Waals surface area (Å²) in [7, 11) is 0. The number of hydrogen-bond donors (Lipinski definition) is 1. The van der Waals surface area contributed by atoms with Crippen LogP contribution in [0.2, 0.25) is 10.0 Å². The molecule has 1 aromatic carbocycles. The zero-order valence-electron chi connectivity index (χ0n) is 9.20. The molecule has 1 aliphatic rings. The van der Waals surface area contributed by atoms with Crippen molar-refractivity contribution in [1.82, 2.24) is 4.90 Å². The first-order valence-corrected chi connectivity index (χ1v) is 6.27. The molecule has 0 aliphatic carbocycles. The highest BCUT2D eigenvalue weighted by molar-refractivity contribution is 6.35. The Bertz CT molecular complexity index is 431. The Morgan fingerprint density at radius 1 is 1.29 bits per heavy atom. The Kier molecular flexibility index (Phi) is 3.92. The summed E-state index contributed by atoms with van der Waals surface area (Å²) in [6.07, 6.45) is 2.07. The first-order chi connectivity index (χ1) is 8.09. The molecule has 1 fully saturated rings. The van der Waals surface area contributed by atoms with Crippen molar-refractivity contribution in [3.63, 3.8) is 0 Å². The van der Waals surface area contributed by atoms with Gasteiger partial charge < -0.3 is 5.11 Å². The predicted octanol–water partition coefficient (Wildman–Crippen LogP) is 3.21. The second kappa shape index (κ2) is 5.25. The first-order valence-electron chi connectivity index (χ1n) is 5.51. The number of likely N-dealkylation sites (tertiary alicyclic amines) is 1. The molecule has 2 rings (SSSR count). The van der Waals surface area contributed by atoms with Crippen LogP contribution in [0.15, 0.2) is 18.2 Å². The van der Waals surface area contributed by atoms with E-state index in [9.17, 15) is 9.90 Å². The van der Waals surface area contributed by atoms with Gasteiger partial charge in [0, 0.05) is 10.0 Å². The fraction of sp³-hybridized carbons (Fsp3) is 0.417. The third-order valence-electron chi connectivity index (χ3n) is 3.00. The lowest BCUT2D eigenvalue weighted by Crippen LogP contribution is -2.31. The van der Waals surface area contributed by atoms with Gasteiger partial charge in [0.2, 0.25) is 0 Å². The van der Waals surface area contributed by atoms with Crippen molar-refractivity contribution in [2.75, 3.05) is 13.1 Å². The molecule has 3 nitrogen and oxygen atoms in total. The molecule has 17 heavy (non-hydrogen) atoms. The van der Waals surface area contributed by atoms with E-state index < -0.39 is 12.0 Å². The molecule has 1 N–H and O–H groups in total. The van der Waals surface area contributed by atoms with E-state index in [1.165, 1.54) is 0 Å². The highest BCUT2D eigenvalue weighted by Crippen LogP contribution is 2.32. The summed E-state index contributed by atoms with van der Waals surface area (Å²) >= 11 is 11.9. The Hall–Kier alpha value is -0.770. The van der Waals surface area contributed by atoms with Crippen molar-refractivity contribution < 1.29 is 9.90 Å². The van der Waals surface area contributed by atoms with Gasteiger partial charge in [0.25, 0.3) is 0 Å². The molecule has 1 heterocycles. The lowest BCUT2D eigenvalue weighted by Gasteiger charge is -2.24.